The molecule has 0 amide bonds. The van der Waals surface area contributed by atoms with Crippen molar-refractivity contribution in [1.29, 1.82) is 5.26 Å². The maximum Gasteiger partial charge on any atom is 0.164 e. The van der Waals surface area contributed by atoms with Gasteiger partial charge in [0.2, 0.25) is 0 Å². The van der Waals surface area contributed by atoms with Crippen molar-refractivity contribution < 1.29 is 4.79 Å². The normalized spacial score (nSPS) is 11.8. The summed E-state index contributed by atoms with van der Waals surface area (Å²) in [7, 11) is 0. The summed E-state index contributed by atoms with van der Waals surface area (Å²) in [6.07, 6.45) is 0.207. The zero-order valence-electron chi connectivity index (χ0n) is 12.1. The van der Waals surface area contributed by atoms with Crippen LogP contribution in [0.25, 0.3) is 10.8 Å². The highest BCUT2D eigenvalue weighted by molar-refractivity contribution is 5.96. The topological polar surface area (TPSA) is 40.9 Å². The predicted octanol–water partition coefficient (Wildman–Crippen LogP) is 4.72. The highest BCUT2D eigenvalue weighted by atomic mass is 16.1. The fraction of sp³-hybridized carbons (Fsp3) is 0.100. The first-order chi connectivity index (χ1) is 10.8. The SMILES string of the molecule is N#CC(CC(=O)c1ccccc1)c1ccc2ccccc2c1. The van der Waals surface area contributed by atoms with Gasteiger partial charge in [0, 0.05) is 12.0 Å². The van der Waals surface area contributed by atoms with E-state index in [2.05, 4.69) is 6.07 Å². The molecule has 2 heteroatoms. The number of nitriles is 1. The van der Waals surface area contributed by atoms with Gasteiger partial charge >= 0.3 is 0 Å². The molecule has 0 N–H and O–H groups in total. The summed E-state index contributed by atoms with van der Waals surface area (Å²) in [5.41, 5.74) is 1.55. The van der Waals surface area contributed by atoms with Crippen molar-refractivity contribution in [3.8, 4) is 6.07 Å². The van der Waals surface area contributed by atoms with E-state index in [9.17, 15) is 10.1 Å². The van der Waals surface area contributed by atoms with Gasteiger partial charge in [0.05, 0.1) is 12.0 Å². The second-order valence-corrected chi connectivity index (χ2v) is 5.28. The van der Waals surface area contributed by atoms with Crippen LogP contribution in [0.4, 0.5) is 0 Å². The number of rotatable bonds is 4. The van der Waals surface area contributed by atoms with E-state index in [1.807, 2.05) is 60.7 Å². The van der Waals surface area contributed by atoms with Crippen molar-refractivity contribution in [3.63, 3.8) is 0 Å². The van der Waals surface area contributed by atoms with Gasteiger partial charge in [-0.2, -0.15) is 5.26 Å². The van der Waals surface area contributed by atoms with Crippen LogP contribution in [-0.2, 0) is 0 Å². The van der Waals surface area contributed by atoms with Crippen LogP contribution in [0.5, 0.6) is 0 Å². The number of carbonyl (C=O) groups excluding carboxylic acids is 1. The van der Waals surface area contributed by atoms with E-state index in [0.717, 1.165) is 16.3 Å². The molecule has 0 bridgehead atoms. The van der Waals surface area contributed by atoms with Gasteiger partial charge in [0.15, 0.2) is 5.78 Å². The highest BCUT2D eigenvalue weighted by Gasteiger charge is 2.17. The summed E-state index contributed by atoms with van der Waals surface area (Å²) in [5, 5.41) is 11.7. The average molecular weight is 285 g/mol. The molecule has 1 atom stereocenters. The maximum atomic E-state index is 12.3. The molecule has 22 heavy (non-hydrogen) atoms. The van der Waals surface area contributed by atoms with Crippen molar-refractivity contribution >= 4 is 16.6 Å². The molecule has 0 aliphatic rings. The average Bonchev–Trinajstić information content (AvgIpc) is 2.59. The van der Waals surface area contributed by atoms with Crippen molar-refractivity contribution in [3.05, 3.63) is 83.9 Å². The molecular formula is C20H15NO. The number of carbonyl (C=O) groups is 1. The molecule has 0 radical (unpaired) electrons. The maximum absolute atomic E-state index is 12.3. The second-order valence-electron chi connectivity index (χ2n) is 5.28. The molecule has 106 valence electrons. The molecule has 0 saturated carbocycles. The third-order valence-electron chi connectivity index (χ3n) is 3.82. The van der Waals surface area contributed by atoms with E-state index < -0.39 is 5.92 Å². The first kappa shape index (κ1) is 14.0. The van der Waals surface area contributed by atoms with Crippen molar-refractivity contribution in [1.82, 2.24) is 0 Å². The number of nitrogens with zero attached hydrogens (tertiary/aromatic N) is 1. The molecule has 3 aromatic rings. The molecule has 0 saturated heterocycles. The van der Waals surface area contributed by atoms with Crippen LogP contribution in [0.1, 0.15) is 28.3 Å². The van der Waals surface area contributed by atoms with E-state index in [0.29, 0.717) is 5.56 Å². The standard InChI is InChI=1S/C20H15NO/c21-14-19(13-20(22)16-7-2-1-3-8-16)18-11-10-15-6-4-5-9-17(15)12-18/h1-12,19H,13H2. The van der Waals surface area contributed by atoms with Gasteiger partial charge in [0.1, 0.15) is 0 Å². The lowest BCUT2D eigenvalue weighted by Crippen LogP contribution is -2.06. The van der Waals surface area contributed by atoms with E-state index >= 15 is 0 Å². The van der Waals surface area contributed by atoms with Crippen LogP contribution < -0.4 is 0 Å². The summed E-state index contributed by atoms with van der Waals surface area (Å²) in [6, 6.07) is 25.4. The fourth-order valence-electron chi connectivity index (χ4n) is 2.59. The third-order valence-corrected chi connectivity index (χ3v) is 3.82. The van der Waals surface area contributed by atoms with E-state index in [4.69, 9.17) is 0 Å². The Morgan fingerprint density at radius 2 is 1.59 bits per heavy atom. The fourth-order valence-corrected chi connectivity index (χ4v) is 2.59. The predicted molar refractivity (Wildman–Crippen MR) is 87.7 cm³/mol. The minimum atomic E-state index is -0.419. The van der Waals surface area contributed by atoms with Crippen LogP contribution in [-0.4, -0.2) is 5.78 Å². The molecule has 0 aliphatic heterocycles. The molecule has 0 spiro atoms. The minimum absolute atomic E-state index is 0.000286. The van der Waals surface area contributed by atoms with Gasteiger partial charge < -0.3 is 0 Å². The first-order valence-electron chi connectivity index (χ1n) is 7.24. The van der Waals surface area contributed by atoms with Gasteiger partial charge in [-0.3, -0.25) is 4.79 Å². The van der Waals surface area contributed by atoms with Gasteiger partial charge in [-0.15, -0.1) is 0 Å². The molecule has 0 aliphatic carbocycles. The summed E-state index contributed by atoms with van der Waals surface area (Å²) in [6.45, 7) is 0. The van der Waals surface area contributed by atoms with Crippen LogP contribution in [0.2, 0.25) is 0 Å². The van der Waals surface area contributed by atoms with Crippen molar-refractivity contribution in [2.24, 2.45) is 0 Å². The summed E-state index contributed by atoms with van der Waals surface area (Å²) in [5.74, 6) is -0.419. The van der Waals surface area contributed by atoms with E-state index in [1.165, 1.54) is 0 Å². The summed E-state index contributed by atoms with van der Waals surface area (Å²) < 4.78 is 0. The number of fused-ring (bicyclic) bond motifs is 1. The van der Waals surface area contributed by atoms with E-state index in [-0.39, 0.29) is 12.2 Å². The number of hydrogen-bond acceptors (Lipinski definition) is 2. The molecule has 0 fully saturated rings. The Hall–Kier alpha value is -2.92. The Bertz CT molecular complexity index is 846. The Labute approximate surface area is 129 Å². The minimum Gasteiger partial charge on any atom is -0.294 e. The van der Waals surface area contributed by atoms with E-state index in [1.54, 1.807) is 12.1 Å². The zero-order chi connectivity index (χ0) is 15.4. The van der Waals surface area contributed by atoms with Gasteiger partial charge in [-0.25, -0.2) is 0 Å². The second kappa shape index (κ2) is 6.24. The lowest BCUT2D eigenvalue weighted by molar-refractivity contribution is 0.0979. The van der Waals surface area contributed by atoms with Crippen LogP contribution in [0, 0.1) is 11.3 Å². The highest BCUT2D eigenvalue weighted by Crippen LogP contribution is 2.25. The molecule has 1 unspecified atom stereocenters. The molecule has 3 aromatic carbocycles. The molecule has 0 aromatic heterocycles. The van der Waals surface area contributed by atoms with Crippen LogP contribution in [0.3, 0.4) is 0 Å². The van der Waals surface area contributed by atoms with Gasteiger partial charge in [0.25, 0.3) is 0 Å². The van der Waals surface area contributed by atoms with Crippen molar-refractivity contribution in [2.45, 2.75) is 12.3 Å². The summed E-state index contributed by atoms with van der Waals surface area (Å²) >= 11 is 0. The zero-order valence-corrected chi connectivity index (χ0v) is 12.1. The molecular weight excluding hydrogens is 270 g/mol. The first-order valence-corrected chi connectivity index (χ1v) is 7.24. The number of benzene rings is 3. The lowest BCUT2D eigenvalue weighted by atomic mass is 9.91. The van der Waals surface area contributed by atoms with Crippen molar-refractivity contribution in [2.75, 3.05) is 0 Å². The smallest absolute Gasteiger partial charge is 0.164 e. The Morgan fingerprint density at radius 3 is 2.32 bits per heavy atom. The molecule has 0 heterocycles. The largest absolute Gasteiger partial charge is 0.294 e. The monoisotopic (exact) mass is 285 g/mol. The Morgan fingerprint density at radius 1 is 0.909 bits per heavy atom. The van der Waals surface area contributed by atoms with Gasteiger partial charge in [-0.05, 0) is 22.4 Å². The van der Waals surface area contributed by atoms with Crippen LogP contribution >= 0.6 is 0 Å². The van der Waals surface area contributed by atoms with Gasteiger partial charge in [-0.1, -0.05) is 66.7 Å². The number of ketones is 1. The summed E-state index contributed by atoms with van der Waals surface area (Å²) in [4.78, 5) is 12.3. The third kappa shape index (κ3) is 2.89. The molecule has 3 rings (SSSR count). The lowest BCUT2D eigenvalue weighted by Gasteiger charge is -2.10. The Kier molecular flexibility index (Phi) is 3.98. The quantitative estimate of drug-likeness (QED) is 0.651. The molecule has 2 nitrogen and oxygen atoms in total. The number of Topliss-reactive ketones (excluding diaryl/α,β-unsaturated/α-hetero) is 1. The van der Waals surface area contributed by atoms with Crippen LogP contribution in [0.15, 0.2) is 72.8 Å². The Balaban J connectivity index is 1.87. The number of hydrogen-bond donors (Lipinski definition) is 0.